The van der Waals surface area contributed by atoms with Crippen LogP contribution in [0.1, 0.15) is 38.2 Å². The largest absolute Gasteiger partial charge is 0.480 e. The van der Waals surface area contributed by atoms with Crippen LogP contribution in [0, 0.1) is 12.8 Å². The number of benzene rings is 1. The first kappa shape index (κ1) is 13.5. The molecule has 1 aliphatic carbocycles. The third-order valence-electron chi connectivity index (χ3n) is 3.87. The summed E-state index contributed by atoms with van der Waals surface area (Å²) in [5, 5.41) is 9.61. The average Bonchev–Trinajstić information content (AvgIpc) is 2.35. The zero-order chi connectivity index (χ0) is 13.2. The fourth-order valence-electron chi connectivity index (χ4n) is 2.47. The van der Waals surface area contributed by atoms with Gasteiger partial charge in [0.05, 0.1) is 0 Å². The van der Waals surface area contributed by atoms with Gasteiger partial charge in [0.1, 0.15) is 4.75 Å². The van der Waals surface area contributed by atoms with E-state index in [1.165, 1.54) is 5.56 Å². The summed E-state index contributed by atoms with van der Waals surface area (Å²) in [6.45, 7) is 4.26. The summed E-state index contributed by atoms with van der Waals surface area (Å²) in [4.78, 5) is 12.8. The molecular formula is C15H20O2S. The van der Waals surface area contributed by atoms with E-state index in [1.807, 2.05) is 31.2 Å². The molecule has 3 heteroatoms. The summed E-state index contributed by atoms with van der Waals surface area (Å²) in [6, 6.07) is 8.05. The molecule has 2 rings (SSSR count). The minimum atomic E-state index is -0.650. The number of aryl methyl sites for hydroxylation is 1. The minimum Gasteiger partial charge on any atom is -0.480 e. The van der Waals surface area contributed by atoms with Gasteiger partial charge in [-0.25, -0.2) is 0 Å². The van der Waals surface area contributed by atoms with Gasteiger partial charge in [0.15, 0.2) is 0 Å². The van der Waals surface area contributed by atoms with E-state index < -0.39 is 10.7 Å². The molecule has 1 aromatic rings. The van der Waals surface area contributed by atoms with Gasteiger partial charge in [-0.2, -0.15) is 0 Å². The number of hydrogen-bond donors (Lipinski definition) is 1. The molecule has 0 unspecified atom stereocenters. The van der Waals surface area contributed by atoms with Crippen LogP contribution in [0.5, 0.6) is 0 Å². The number of rotatable bonds is 3. The second kappa shape index (κ2) is 5.35. The molecule has 1 aromatic carbocycles. The van der Waals surface area contributed by atoms with Crippen molar-refractivity contribution in [3.05, 3.63) is 29.8 Å². The van der Waals surface area contributed by atoms with Crippen molar-refractivity contribution in [2.24, 2.45) is 5.92 Å². The maximum atomic E-state index is 11.7. The Morgan fingerprint density at radius 2 is 1.94 bits per heavy atom. The Hall–Kier alpha value is -0.960. The molecule has 0 atom stereocenters. The van der Waals surface area contributed by atoms with Crippen LogP contribution in [0.2, 0.25) is 0 Å². The molecule has 0 spiro atoms. The molecular weight excluding hydrogens is 244 g/mol. The molecule has 1 fully saturated rings. The van der Waals surface area contributed by atoms with E-state index in [4.69, 9.17) is 0 Å². The lowest BCUT2D eigenvalue weighted by Gasteiger charge is -2.35. The maximum Gasteiger partial charge on any atom is 0.320 e. The first-order chi connectivity index (χ1) is 8.53. The van der Waals surface area contributed by atoms with Crippen LogP contribution in [0.3, 0.4) is 0 Å². The van der Waals surface area contributed by atoms with Gasteiger partial charge in [-0.05, 0) is 50.2 Å². The minimum absolute atomic E-state index is 0.612. The number of aliphatic carboxylic acids is 1. The fourth-order valence-corrected chi connectivity index (χ4v) is 3.79. The SMILES string of the molecule is Cc1ccccc1SC1(C(=O)O)CCC(C)CC1. The van der Waals surface area contributed by atoms with E-state index in [0.29, 0.717) is 5.92 Å². The first-order valence-electron chi connectivity index (χ1n) is 6.51. The Kier molecular flexibility index (Phi) is 4.00. The van der Waals surface area contributed by atoms with Crippen LogP contribution in [-0.4, -0.2) is 15.8 Å². The molecule has 98 valence electrons. The number of thioether (sulfide) groups is 1. The highest BCUT2D eigenvalue weighted by Crippen LogP contribution is 2.46. The maximum absolute atomic E-state index is 11.7. The van der Waals surface area contributed by atoms with Crippen LogP contribution < -0.4 is 0 Å². The lowest BCUT2D eigenvalue weighted by atomic mass is 9.82. The standard InChI is InChI=1S/C15H20O2S/c1-11-7-9-15(10-8-11,14(16)17)18-13-6-4-3-5-12(13)2/h3-6,11H,7-10H2,1-2H3,(H,16,17). The van der Waals surface area contributed by atoms with E-state index in [-0.39, 0.29) is 0 Å². The molecule has 0 radical (unpaired) electrons. The van der Waals surface area contributed by atoms with Crippen LogP contribution in [0.4, 0.5) is 0 Å². The molecule has 0 aliphatic heterocycles. The van der Waals surface area contributed by atoms with Crippen molar-refractivity contribution in [2.45, 2.75) is 49.2 Å². The number of hydrogen-bond acceptors (Lipinski definition) is 2. The molecule has 1 N–H and O–H groups in total. The van der Waals surface area contributed by atoms with Crippen molar-refractivity contribution < 1.29 is 9.90 Å². The van der Waals surface area contributed by atoms with Crippen LogP contribution >= 0.6 is 11.8 Å². The zero-order valence-corrected chi connectivity index (χ0v) is 11.8. The van der Waals surface area contributed by atoms with E-state index in [0.717, 1.165) is 30.6 Å². The van der Waals surface area contributed by atoms with Gasteiger partial charge in [-0.1, -0.05) is 25.1 Å². The lowest BCUT2D eigenvalue weighted by molar-refractivity contribution is -0.141. The molecule has 0 amide bonds. The molecule has 0 saturated heterocycles. The average molecular weight is 264 g/mol. The summed E-state index contributed by atoms with van der Waals surface area (Å²) in [6.07, 6.45) is 3.60. The van der Waals surface area contributed by atoms with Gasteiger partial charge in [0.25, 0.3) is 0 Å². The molecule has 1 aliphatic rings. The highest BCUT2D eigenvalue weighted by atomic mass is 32.2. The third-order valence-corrected chi connectivity index (χ3v) is 5.52. The van der Waals surface area contributed by atoms with Crippen molar-refractivity contribution in [1.29, 1.82) is 0 Å². The third kappa shape index (κ3) is 2.72. The monoisotopic (exact) mass is 264 g/mol. The van der Waals surface area contributed by atoms with Crippen molar-refractivity contribution >= 4 is 17.7 Å². The predicted molar refractivity (Wildman–Crippen MR) is 75.0 cm³/mol. The Morgan fingerprint density at radius 1 is 1.33 bits per heavy atom. The molecule has 0 heterocycles. The quantitative estimate of drug-likeness (QED) is 0.892. The summed E-state index contributed by atoms with van der Waals surface area (Å²) in [5.74, 6) is 0.0117. The van der Waals surface area contributed by atoms with Crippen molar-refractivity contribution in [1.82, 2.24) is 0 Å². The van der Waals surface area contributed by atoms with Gasteiger partial charge in [0, 0.05) is 4.90 Å². The van der Waals surface area contributed by atoms with Crippen LogP contribution in [0.15, 0.2) is 29.2 Å². The molecule has 1 saturated carbocycles. The van der Waals surface area contributed by atoms with E-state index >= 15 is 0 Å². The number of carboxylic acids is 1. The molecule has 2 nitrogen and oxygen atoms in total. The molecule has 0 bridgehead atoms. The number of carbonyl (C=O) groups is 1. The summed E-state index contributed by atoms with van der Waals surface area (Å²) in [5.41, 5.74) is 1.17. The number of carboxylic acid groups (broad SMARTS) is 1. The highest BCUT2D eigenvalue weighted by molar-refractivity contribution is 8.01. The van der Waals surface area contributed by atoms with Gasteiger partial charge < -0.3 is 5.11 Å². The Balaban J connectivity index is 2.22. The molecule has 0 aromatic heterocycles. The van der Waals surface area contributed by atoms with Crippen LogP contribution in [-0.2, 0) is 4.79 Å². The second-order valence-electron chi connectivity index (χ2n) is 5.35. The molecule has 18 heavy (non-hydrogen) atoms. The second-order valence-corrected chi connectivity index (χ2v) is 6.77. The first-order valence-corrected chi connectivity index (χ1v) is 7.33. The van der Waals surface area contributed by atoms with Crippen LogP contribution in [0.25, 0.3) is 0 Å². The topological polar surface area (TPSA) is 37.3 Å². The van der Waals surface area contributed by atoms with Gasteiger partial charge >= 0.3 is 5.97 Å². The smallest absolute Gasteiger partial charge is 0.320 e. The zero-order valence-electron chi connectivity index (χ0n) is 11.0. The van der Waals surface area contributed by atoms with Gasteiger partial charge in [-0.15, -0.1) is 11.8 Å². The summed E-state index contributed by atoms with van der Waals surface area (Å²) < 4.78 is -0.612. The Morgan fingerprint density at radius 3 is 2.50 bits per heavy atom. The van der Waals surface area contributed by atoms with Crippen molar-refractivity contribution in [3.63, 3.8) is 0 Å². The van der Waals surface area contributed by atoms with Gasteiger partial charge in [0.2, 0.25) is 0 Å². The van der Waals surface area contributed by atoms with E-state index in [2.05, 4.69) is 6.92 Å². The van der Waals surface area contributed by atoms with Crippen molar-refractivity contribution in [2.75, 3.05) is 0 Å². The predicted octanol–water partition coefficient (Wildman–Crippen LogP) is 4.12. The highest BCUT2D eigenvalue weighted by Gasteiger charge is 2.42. The van der Waals surface area contributed by atoms with E-state index in [9.17, 15) is 9.90 Å². The van der Waals surface area contributed by atoms with E-state index in [1.54, 1.807) is 11.8 Å². The fraction of sp³-hybridized carbons (Fsp3) is 0.533. The van der Waals surface area contributed by atoms with Gasteiger partial charge in [-0.3, -0.25) is 4.79 Å². The van der Waals surface area contributed by atoms with Crippen molar-refractivity contribution in [3.8, 4) is 0 Å². The Bertz CT molecular complexity index is 434. The summed E-state index contributed by atoms with van der Waals surface area (Å²) in [7, 11) is 0. The summed E-state index contributed by atoms with van der Waals surface area (Å²) >= 11 is 1.55. The Labute approximate surface area is 113 Å². The normalized spacial score (nSPS) is 28.0. The lowest BCUT2D eigenvalue weighted by Crippen LogP contribution is -2.38.